The topological polar surface area (TPSA) is 63.6 Å². The van der Waals surface area contributed by atoms with Crippen LogP contribution in [0.4, 0.5) is 0 Å². The lowest BCUT2D eigenvalue weighted by Gasteiger charge is -2.54. The Kier molecular flexibility index (Phi) is 8.09. The Balaban J connectivity index is 1.47. The van der Waals surface area contributed by atoms with Crippen molar-refractivity contribution in [2.45, 2.75) is 154 Å². The van der Waals surface area contributed by atoms with Crippen LogP contribution in [0.5, 0.6) is 0 Å². The lowest BCUT2D eigenvalue weighted by atomic mass is 9.49. The van der Waals surface area contributed by atoms with E-state index in [2.05, 4.69) is 72.7 Å². The van der Waals surface area contributed by atoms with Crippen LogP contribution in [0.1, 0.15) is 163 Å². The average molecular weight is 613 g/mol. The number of carboxylic acids is 1. The lowest BCUT2D eigenvalue weighted by Crippen LogP contribution is -2.54. The Bertz CT molecular complexity index is 1500. The van der Waals surface area contributed by atoms with E-state index in [1.54, 1.807) is 0 Å². The van der Waals surface area contributed by atoms with Crippen molar-refractivity contribution in [3.63, 3.8) is 0 Å². The zero-order valence-electron chi connectivity index (χ0n) is 29.1. The lowest BCUT2D eigenvalue weighted by molar-refractivity contribution is -0.159. The summed E-state index contributed by atoms with van der Waals surface area (Å²) in [5.41, 5.74) is 10.3. The number of rotatable bonds is 7. The van der Waals surface area contributed by atoms with Gasteiger partial charge in [-0.1, -0.05) is 72.2 Å². The van der Waals surface area contributed by atoms with Crippen molar-refractivity contribution < 1.29 is 19.4 Å². The first-order chi connectivity index (χ1) is 21.2. The molecular weight excluding hydrogens is 556 g/mol. The van der Waals surface area contributed by atoms with Crippen molar-refractivity contribution in [1.82, 2.24) is 0 Å². The van der Waals surface area contributed by atoms with Crippen molar-refractivity contribution in [3.05, 3.63) is 68.8 Å². The first kappa shape index (κ1) is 32.3. The monoisotopic (exact) mass is 612 g/mol. The first-order valence-electron chi connectivity index (χ1n) is 17.8. The summed E-state index contributed by atoms with van der Waals surface area (Å²) in [7, 11) is 0. The molecule has 45 heavy (non-hydrogen) atoms. The minimum Gasteiger partial charge on any atom is -0.481 e. The maximum absolute atomic E-state index is 12.6. The van der Waals surface area contributed by atoms with Gasteiger partial charge in [-0.05, 0) is 151 Å². The molecule has 0 bridgehead atoms. The minimum absolute atomic E-state index is 0.0192. The van der Waals surface area contributed by atoms with Crippen LogP contribution >= 0.6 is 0 Å². The van der Waals surface area contributed by atoms with Gasteiger partial charge in [-0.3, -0.25) is 9.59 Å². The maximum Gasteiger partial charge on any atom is 0.309 e. The van der Waals surface area contributed by atoms with E-state index < -0.39 is 17.0 Å². The molecule has 1 N–H and O–H groups in total. The fraction of sp³-hybridized carbons (Fsp3) is 0.659. The number of carboxylic acid groups (broad SMARTS) is 1. The van der Waals surface area contributed by atoms with Gasteiger partial charge in [0.2, 0.25) is 0 Å². The van der Waals surface area contributed by atoms with Crippen LogP contribution in [0.3, 0.4) is 0 Å². The molecule has 244 valence electrons. The van der Waals surface area contributed by atoms with Crippen LogP contribution in [-0.4, -0.2) is 23.1 Å². The van der Waals surface area contributed by atoms with Gasteiger partial charge in [0.05, 0.1) is 5.41 Å². The minimum atomic E-state index is -0.668. The molecule has 4 nitrogen and oxygen atoms in total. The van der Waals surface area contributed by atoms with Crippen LogP contribution < -0.4 is 0 Å². The maximum atomic E-state index is 12.6. The van der Waals surface area contributed by atoms with Gasteiger partial charge in [0.1, 0.15) is 5.60 Å². The van der Waals surface area contributed by atoms with Crippen molar-refractivity contribution in [2.24, 2.45) is 17.3 Å². The van der Waals surface area contributed by atoms with E-state index in [0.29, 0.717) is 24.2 Å². The van der Waals surface area contributed by atoms with E-state index in [1.807, 2.05) is 6.92 Å². The molecule has 6 atom stereocenters. The summed E-state index contributed by atoms with van der Waals surface area (Å²) in [6.07, 6.45) is 10.8. The molecule has 2 saturated carbocycles. The van der Waals surface area contributed by atoms with Crippen LogP contribution in [0, 0.1) is 17.3 Å². The van der Waals surface area contributed by atoms with Gasteiger partial charge in [0.25, 0.3) is 6.47 Å². The van der Waals surface area contributed by atoms with E-state index >= 15 is 0 Å². The highest BCUT2D eigenvalue weighted by Crippen LogP contribution is 2.58. The fourth-order valence-corrected chi connectivity index (χ4v) is 11.2. The Morgan fingerprint density at radius 1 is 0.800 bits per heavy atom. The van der Waals surface area contributed by atoms with Crippen LogP contribution in [0.2, 0.25) is 0 Å². The van der Waals surface area contributed by atoms with Gasteiger partial charge in [0, 0.05) is 5.92 Å². The molecule has 2 fully saturated rings. The smallest absolute Gasteiger partial charge is 0.309 e. The Morgan fingerprint density at radius 3 is 1.78 bits per heavy atom. The normalized spacial score (nSPS) is 34.0. The number of fused-ring (bicyclic) bond motifs is 6. The van der Waals surface area contributed by atoms with E-state index in [1.165, 1.54) is 44.5 Å². The van der Waals surface area contributed by atoms with E-state index in [-0.39, 0.29) is 16.7 Å². The van der Waals surface area contributed by atoms with E-state index in [9.17, 15) is 14.7 Å². The van der Waals surface area contributed by atoms with Crippen molar-refractivity contribution in [3.8, 4) is 0 Å². The number of benzene rings is 2. The molecular formula is C41H56O4. The molecule has 0 spiro atoms. The largest absolute Gasteiger partial charge is 0.481 e. The second-order valence-corrected chi connectivity index (χ2v) is 16.9. The summed E-state index contributed by atoms with van der Waals surface area (Å²) in [4.78, 5) is 24.2. The number of aliphatic carboxylic acids is 1. The number of carbonyl (C=O) groups is 2. The predicted octanol–water partition coefficient (Wildman–Crippen LogP) is 9.55. The van der Waals surface area contributed by atoms with E-state index in [0.717, 1.165) is 70.6 Å². The summed E-state index contributed by atoms with van der Waals surface area (Å²) in [6.45, 7) is 18.9. The van der Waals surface area contributed by atoms with Gasteiger partial charge in [-0.2, -0.15) is 0 Å². The summed E-state index contributed by atoms with van der Waals surface area (Å²) in [5, 5.41) is 10.4. The van der Waals surface area contributed by atoms with Gasteiger partial charge >= 0.3 is 5.97 Å². The van der Waals surface area contributed by atoms with Crippen molar-refractivity contribution in [1.29, 1.82) is 0 Å². The quantitative estimate of drug-likeness (QED) is 0.316. The second kappa shape index (κ2) is 11.3. The number of aryl methyl sites for hydroxylation is 2. The third-order valence-corrected chi connectivity index (χ3v) is 13.6. The fourth-order valence-electron chi connectivity index (χ4n) is 11.2. The van der Waals surface area contributed by atoms with Crippen molar-refractivity contribution >= 4 is 12.4 Å². The molecule has 4 aliphatic carbocycles. The number of carbonyl (C=O) groups excluding carboxylic acids is 1. The predicted molar refractivity (Wildman–Crippen MR) is 181 cm³/mol. The SMILES string of the molecule is CC(C)c1cc2c(cc1Cc1cc3c(cc1C(C)C)CCC1C(C)(C(=O)O)CCCC31C)C1(C)CCCC(C)(OC=O)C1CC2. The summed E-state index contributed by atoms with van der Waals surface area (Å²) in [5.74, 6) is 0.676. The Labute approximate surface area is 271 Å². The average Bonchev–Trinajstić information content (AvgIpc) is 2.96. The molecule has 4 heteroatoms. The third kappa shape index (κ3) is 4.99. The Hall–Kier alpha value is -2.62. The molecule has 4 aliphatic rings. The molecule has 0 aromatic heterocycles. The number of ether oxygens (including phenoxy) is 1. The van der Waals surface area contributed by atoms with Crippen molar-refractivity contribution in [2.75, 3.05) is 0 Å². The zero-order chi connectivity index (χ0) is 32.5. The molecule has 6 rings (SSSR count). The van der Waals surface area contributed by atoms with Gasteiger partial charge in [-0.25, -0.2) is 0 Å². The molecule has 0 heterocycles. The standard InChI is InChI=1S/C41H56O4/c1-25(2)31-20-27-11-13-35-38(5,15-9-17-40(35,7)37(43)44)33(27)22-29(31)19-30-23-34-28(21-32(30)26(3)4)12-14-36-39(34,6)16-10-18-41(36,8)45-24-42/h20-26,35-36H,9-19H2,1-8H3,(H,43,44). The number of hydrogen-bond donors (Lipinski definition) is 1. The third-order valence-electron chi connectivity index (χ3n) is 13.6. The highest BCUT2D eigenvalue weighted by atomic mass is 16.5. The van der Waals surface area contributed by atoms with Crippen LogP contribution in [-0.2, 0) is 44.4 Å². The van der Waals surface area contributed by atoms with Crippen LogP contribution in [0.25, 0.3) is 0 Å². The Morgan fingerprint density at radius 2 is 1.29 bits per heavy atom. The molecule has 0 aliphatic heterocycles. The zero-order valence-corrected chi connectivity index (χ0v) is 29.1. The molecule has 0 radical (unpaired) electrons. The van der Waals surface area contributed by atoms with Gasteiger partial charge < -0.3 is 9.84 Å². The van der Waals surface area contributed by atoms with Crippen LogP contribution in [0.15, 0.2) is 24.3 Å². The molecule has 6 unspecified atom stereocenters. The van der Waals surface area contributed by atoms with Gasteiger partial charge in [0.15, 0.2) is 0 Å². The molecule has 2 aromatic carbocycles. The molecule has 2 aromatic rings. The van der Waals surface area contributed by atoms with E-state index in [4.69, 9.17) is 4.74 Å². The first-order valence-corrected chi connectivity index (χ1v) is 17.8. The highest BCUT2D eigenvalue weighted by Gasteiger charge is 2.56. The number of hydrogen-bond acceptors (Lipinski definition) is 3. The summed E-state index contributed by atoms with van der Waals surface area (Å²) in [6, 6.07) is 10.1. The molecule has 0 saturated heterocycles. The second-order valence-electron chi connectivity index (χ2n) is 16.9. The molecule has 0 amide bonds. The van der Waals surface area contributed by atoms with Gasteiger partial charge in [-0.15, -0.1) is 0 Å². The summed E-state index contributed by atoms with van der Waals surface area (Å²) < 4.78 is 5.87. The summed E-state index contributed by atoms with van der Waals surface area (Å²) >= 11 is 0. The highest BCUT2D eigenvalue weighted by molar-refractivity contribution is 5.75.